The van der Waals surface area contributed by atoms with Crippen molar-refractivity contribution in [3.63, 3.8) is 0 Å². The summed E-state index contributed by atoms with van der Waals surface area (Å²) in [5.74, 6) is -0.372. The van der Waals surface area contributed by atoms with Gasteiger partial charge in [-0.3, -0.25) is 9.59 Å². The molecular weight excluding hydrogens is 310 g/mol. The van der Waals surface area contributed by atoms with Gasteiger partial charge in [-0.25, -0.2) is 4.79 Å². The summed E-state index contributed by atoms with van der Waals surface area (Å²) < 4.78 is 5.19. The van der Waals surface area contributed by atoms with Crippen LogP contribution in [0, 0.1) is 5.92 Å². The predicted molar refractivity (Wildman–Crippen MR) is 89.3 cm³/mol. The van der Waals surface area contributed by atoms with Gasteiger partial charge in [0, 0.05) is 25.6 Å². The van der Waals surface area contributed by atoms with Gasteiger partial charge in [0.1, 0.15) is 5.60 Å². The van der Waals surface area contributed by atoms with E-state index in [4.69, 9.17) is 4.74 Å². The summed E-state index contributed by atoms with van der Waals surface area (Å²) in [6.45, 7) is 9.80. The molecule has 0 aromatic heterocycles. The van der Waals surface area contributed by atoms with Gasteiger partial charge >= 0.3 is 6.09 Å². The number of carbonyl (C=O) groups excluding carboxylic acids is 3. The Morgan fingerprint density at radius 3 is 2.38 bits per heavy atom. The molecule has 1 aliphatic carbocycles. The molecule has 2 N–H and O–H groups in total. The number of carbonyl (C=O) groups is 3. The Morgan fingerprint density at radius 1 is 1.21 bits per heavy atom. The van der Waals surface area contributed by atoms with Crippen molar-refractivity contribution in [3.8, 4) is 0 Å². The third-order valence-corrected chi connectivity index (χ3v) is 4.05. The molecule has 136 valence electrons. The molecule has 1 saturated heterocycles. The zero-order valence-electron chi connectivity index (χ0n) is 15.3. The lowest BCUT2D eigenvalue weighted by atomic mass is 10.0. The minimum absolute atomic E-state index is 0.0716. The highest BCUT2D eigenvalue weighted by molar-refractivity contribution is 5.89. The molecule has 7 nitrogen and oxygen atoms in total. The van der Waals surface area contributed by atoms with Crippen molar-refractivity contribution >= 4 is 17.9 Å². The van der Waals surface area contributed by atoms with E-state index in [1.165, 1.54) is 0 Å². The van der Waals surface area contributed by atoms with E-state index < -0.39 is 17.2 Å². The first-order valence-electron chi connectivity index (χ1n) is 8.55. The molecule has 3 amide bonds. The van der Waals surface area contributed by atoms with Crippen molar-refractivity contribution < 1.29 is 19.1 Å². The highest BCUT2D eigenvalue weighted by Gasteiger charge is 2.42. The topological polar surface area (TPSA) is 87.7 Å². The zero-order chi connectivity index (χ0) is 18.1. The van der Waals surface area contributed by atoms with Crippen LogP contribution in [0.4, 0.5) is 4.79 Å². The summed E-state index contributed by atoms with van der Waals surface area (Å²) >= 11 is 0. The molecule has 2 aliphatic rings. The van der Waals surface area contributed by atoms with E-state index in [0.29, 0.717) is 12.6 Å². The third-order valence-electron chi connectivity index (χ3n) is 4.05. The first kappa shape index (κ1) is 18.5. The molecule has 2 rings (SSSR count). The molecule has 0 aromatic rings. The number of rotatable bonds is 5. The van der Waals surface area contributed by atoms with Crippen LogP contribution in [0.25, 0.3) is 0 Å². The molecule has 1 aliphatic heterocycles. The molecule has 0 aromatic carbocycles. The van der Waals surface area contributed by atoms with Gasteiger partial charge in [-0.15, -0.1) is 0 Å². The number of likely N-dealkylation sites (tertiary alicyclic amines) is 1. The van der Waals surface area contributed by atoms with Gasteiger partial charge in [0.15, 0.2) is 0 Å². The van der Waals surface area contributed by atoms with Crippen molar-refractivity contribution in [2.45, 2.75) is 71.1 Å². The van der Waals surface area contributed by atoms with Crippen molar-refractivity contribution in [2.75, 3.05) is 13.1 Å². The number of nitrogens with zero attached hydrogens (tertiary/aromatic N) is 1. The van der Waals surface area contributed by atoms with Gasteiger partial charge in [-0.1, -0.05) is 0 Å². The van der Waals surface area contributed by atoms with E-state index in [9.17, 15) is 14.4 Å². The lowest BCUT2D eigenvalue weighted by molar-refractivity contribution is -0.129. The number of alkyl carbamates (subject to hydrolysis) is 1. The molecule has 24 heavy (non-hydrogen) atoms. The fourth-order valence-corrected chi connectivity index (χ4v) is 2.73. The molecule has 0 spiro atoms. The molecule has 1 saturated carbocycles. The highest BCUT2D eigenvalue weighted by Crippen LogP contribution is 2.32. The van der Waals surface area contributed by atoms with Crippen LogP contribution in [0.5, 0.6) is 0 Å². The maximum Gasteiger partial charge on any atom is 0.407 e. The van der Waals surface area contributed by atoms with Crippen LogP contribution < -0.4 is 10.6 Å². The Hall–Kier alpha value is -1.79. The van der Waals surface area contributed by atoms with Crippen molar-refractivity contribution in [3.05, 3.63) is 0 Å². The van der Waals surface area contributed by atoms with Crippen LogP contribution >= 0.6 is 0 Å². The van der Waals surface area contributed by atoms with E-state index in [1.807, 2.05) is 18.7 Å². The summed E-state index contributed by atoms with van der Waals surface area (Å²) in [7, 11) is 0. The predicted octanol–water partition coefficient (Wildman–Crippen LogP) is 1.42. The Bertz CT molecular complexity index is 520. The largest absolute Gasteiger partial charge is 0.444 e. The molecule has 0 unspecified atom stereocenters. The maximum atomic E-state index is 12.4. The fraction of sp³-hybridized carbons (Fsp3) is 0.824. The Labute approximate surface area is 143 Å². The second-order valence-electron chi connectivity index (χ2n) is 8.41. The molecule has 1 heterocycles. The van der Waals surface area contributed by atoms with Crippen molar-refractivity contribution in [1.82, 2.24) is 15.5 Å². The normalized spacial score (nSPS) is 21.6. The number of hydrogen-bond donors (Lipinski definition) is 2. The smallest absolute Gasteiger partial charge is 0.407 e. The van der Waals surface area contributed by atoms with E-state index >= 15 is 0 Å². The van der Waals surface area contributed by atoms with E-state index in [1.54, 1.807) is 20.8 Å². The maximum absolute atomic E-state index is 12.4. The standard InChI is InChI=1S/C17H29N3O4/c1-16(2,3)24-15(23)18-10-17(4,5)19-14(22)11-8-13(21)20(9-11)12-6-7-12/h11-12H,6-10H2,1-5H3,(H,18,23)(H,19,22)/t11-/m0/s1. The quantitative estimate of drug-likeness (QED) is 0.793. The van der Waals surface area contributed by atoms with Gasteiger partial charge in [0.2, 0.25) is 11.8 Å². The molecule has 0 radical (unpaired) electrons. The van der Waals surface area contributed by atoms with Gasteiger partial charge in [0.05, 0.1) is 11.5 Å². The minimum Gasteiger partial charge on any atom is -0.444 e. The highest BCUT2D eigenvalue weighted by atomic mass is 16.6. The second-order valence-corrected chi connectivity index (χ2v) is 8.41. The molecular formula is C17H29N3O4. The number of hydrogen-bond acceptors (Lipinski definition) is 4. The SMILES string of the molecule is CC(C)(CNC(=O)OC(C)(C)C)NC(=O)[C@H]1CC(=O)N(C2CC2)C1. The van der Waals surface area contributed by atoms with Gasteiger partial charge in [-0.05, 0) is 47.5 Å². The molecule has 7 heteroatoms. The van der Waals surface area contributed by atoms with Gasteiger partial charge < -0.3 is 20.3 Å². The Balaban J connectivity index is 1.79. The summed E-state index contributed by atoms with van der Waals surface area (Å²) in [5, 5.41) is 5.60. The van der Waals surface area contributed by atoms with Crippen LogP contribution in [-0.4, -0.2) is 53.1 Å². The number of amides is 3. The lowest BCUT2D eigenvalue weighted by Crippen LogP contribution is -2.53. The van der Waals surface area contributed by atoms with Gasteiger partial charge in [0.25, 0.3) is 0 Å². The van der Waals surface area contributed by atoms with Crippen molar-refractivity contribution in [2.24, 2.45) is 5.92 Å². The third kappa shape index (κ3) is 5.39. The molecule has 1 atom stereocenters. The average molecular weight is 339 g/mol. The van der Waals surface area contributed by atoms with Crippen LogP contribution in [-0.2, 0) is 14.3 Å². The summed E-state index contributed by atoms with van der Waals surface area (Å²) in [4.78, 5) is 37.9. The van der Waals surface area contributed by atoms with Crippen LogP contribution in [0.3, 0.4) is 0 Å². The molecule has 2 fully saturated rings. The summed E-state index contributed by atoms with van der Waals surface area (Å²) in [6.07, 6.45) is 1.86. The van der Waals surface area contributed by atoms with Crippen LogP contribution in [0.15, 0.2) is 0 Å². The van der Waals surface area contributed by atoms with E-state index in [2.05, 4.69) is 10.6 Å². The average Bonchev–Trinajstić information content (AvgIpc) is 3.17. The Kier molecular flexibility index (Phi) is 5.11. The first-order valence-corrected chi connectivity index (χ1v) is 8.55. The van der Waals surface area contributed by atoms with E-state index in [-0.39, 0.29) is 30.7 Å². The summed E-state index contributed by atoms with van der Waals surface area (Å²) in [5.41, 5.74) is -1.18. The van der Waals surface area contributed by atoms with Crippen LogP contribution in [0.2, 0.25) is 0 Å². The molecule has 0 bridgehead atoms. The zero-order valence-corrected chi connectivity index (χ0v) is 15.3. The van der Waals surface area contributed by atoms with Gasteiger partial charge in [-0.2, -0.15) is 0 Å². The second kappa shape index (κ2) is 6.61. The number of nitrogens with one attached hydrogen (secondary N) is 2. The number of ether oxygens (including phenoxy) is 1. The van der Waals surface area contributed by atoms with Crippen molar-refractivity contribution in [1.29, 1.82) is 0 Å². The Morgan fingerprint density at radius 2 is 1.83 bits per heavy atom. The van der Waals surface area contributed by atoms with E-state index in [0.717, 1.165) is 12.8 Å². The first-order chi connectivity index (χ1) is 11.0. The lowest BCUT2D eigenvalue weighted by Gasteiger charge is -2.29. The monoisotopic (exact) mass is 339 g/mol. The minimum atomic E-state index is -0.621. The summed E-state index contributed by atoms with van der Waals surface area (Å²) in [6, 6.07) is 0.345. The fourth-order valence-electron chi connectivity index (χ4n) is 2.73. The van der Waals surface area contributed by atoms with Crippen LogP contribution in [0.1, 0.15) is 53.9 Å².